The number of rotatable bonds is 8. The molecule has 0 aliphatic carbocycles. The van der Waals surface area contributed by atoms with E-state index in [0.717, 1.165) is 16.7 Å². The summed E-state index contributed by atoms with van der Waals surface area (Å²) < 4.78 is 12.0. The van der Waals surface area contributed by atoms with E-state index < -0.39 is 0 Å². The molecule has 3 rings (SSSR count). The minimum Gasteiger partial charge on any atom is -0.485 e. The van der Waals surface area contributed by atoms with E-state index in [4.69, 9.17) is 14.7 Å². The zero-order chi connectivity index (χ0) is 17.3. The van der Waals surface area contributed by atoms with Crippen molar-refractivity contribution in [1.82, 2.24) is 5.48 Å². The summed E-state index contributed by atoms with van der Waals surface area (Å²) in [6.45, 7) is 1.18. The molecule has 128 valence electrons. The molecule has 0 atom stereocenters. The average Bonchev–Trinajstić information content (AvgIpc) is 2.67. The van der Waals surface area contributed by atoms with Gasteiger partial charge in [-0.15, -0.1) is 0 Å². The minimum atomic E-state index is 0.284. The fourth-order valence-corrected chi connectivity index (χ4v) is 2.53. The first-order valence-corrected chi connectivity index (χ1v) is 8.19. The second-order valence-electron chi connectivity index (χ2n) is 5.63. The van der Waals surface area contributed by atoms with Crippen LogP contribution < -0.4 is 15.0 Å². The van der Waals surface area contributed by atoms with Gasteiger partial charge in [0.2, 0.25) is 0 Å². The fourth-order valence-electron chi connectivity index (χ4n) is 2.53. The lowest BCUT2D eigenvalue weighted by Gasteiger charge is -2.16. The van der Waals surface area contributed by atoms with Crippen LogP contribution in [0.2, 0.25) is 0 Å². The van der Waals surface area contributed by atoms with Crippen LogP contribution in [0.25, 0.3) is 0 Å². The van der Waals surface area contributed by atoms with Crippen molar-refractivity contribution in [1.29, 1.82) is 0 Å². The van der Waals surface area contributed by atoms with Crippen LogP contribution in [0.1, 0.15) is 16.7 Å². The molecule has 0 bridgehead atoms. The number of nitrogens with one attached hydrogen (secondary N) is 1. The monoisotopic (exact) mass is 335 g/mol. The zero-order valence-corrected chi connectivity index (χ0v) is 13.9. The first-order chi connectivity index (χ1) is 12.4. The van der Waals surface area contributed by atoms with E-state index in [0.29, 0.717) is 24.7 Å². The Balaban J connectivity index is 1.77. The molecule has 0 fully saturated rings. The molecule has 4 heteroatoms. The number of hydrogen-bond donors (Lipinski definition) is 2. The van der Waals surface area contributed by atoms with Gasteiger partial charge >= 0.3 is 0 Å². The molecule has 4 nitrogen and oxygen atoms in total. The first-order valence-electron chi connectivity index (χ1n) is 8.19. The normalized spacial score (nSPS) is 10.4. The maximum atomic E-state index is 9.08. The molecule has 0 saturated heterocycles. The number of hydroxylamine groups is 1. The van der Waals surface area contributed by atoms with Crippen LogP contribution in [0.5, 0.6) is 11.5 Å². The molecule has 0 aliphatic heterocycles. The van der Waals surface area contributed by atoms with Crippen molar-refractivity contribution in [2.75, 3.05) is 0 Å². The SMILES string of the molecule is ONCc1cccc(OCc2ccccc2)c1OCc1ccccc1. The van der Waals surface area contributed by atoms with Crippen molar-refractivity contribution in [2.45, 2.75) is 19.8 Å². The highest BCUT2D eigenvalue weighted by atomic mass is 16.5. The van der Waals surface area contributed by atoms with E-state index in [1.165, 1.54) is 0 Å². The van der Waals surface area contributed by atoms with Crippen LogP contribution in [0.4, 0.5) is 0 Å². The van der Waals surface area contributed by atoms with E-state index in [2.05, 4.69) is 5.48 Å². The molecular formula is C21H21NO3. The third kappa shape index (κ3) is 4.83. The molecule has 0 saturated carbocycles. The van der Waals surface area contributed by atoms with E-state index in [-0.39, 0.29) is 6.54 Å². The van der Waals surface area contributed by atoms with E-state index >= 15 is 0 Å². The van der Waals surface area contributed by atoms with Crippen molar-refractivity contribution < 1.29 is 14.7 Å². The molecule has 0 aliphatic rings. The number of para-hydroxylation sites is 1. The van der Waals surface area contributed by atoms with Gasteiger partial charge in [-0.05, 0) is 17.2 Å². The van der Waals surface area contributed by atoms with Gasteiger partial charge in [0.15, 0.2) is 11.5 Å². The predicted octanol–water partition coefficient (Wildman–Crippen LogP) is 4.32. The highest BCUT2D eigenvalue weighted by molar-refractivity contribution is 5.47. The van der Waals surface area contributed by atoms with Gasteiger partial charge in [0.25, 0.3) is 0 Å². The fraction of sp³-hybridized carbons (Fsp3) is 0.143. The Kier molecular flexibility index (Phi) is 6.04. The van der Waals surface area contributed by atoms with E-state index in [1.54, 1.807) is 0 Å². The van der Waals surface area contributed by atoms with Crippen LogP contribution in [-0.4, -0.2) is 5.21 Å². The van der Waals surface area contributed by atoms with Gasteiger partial charge < -0.3 is 14.7 Å². The molecule has 3 aromatic carbocycles. The van der Waals surface area contributed by atoms with E-state index in [9.17, 15) is 0 Å². The highest BCUT2D eigenvalue weighted by Gasteiger charge is 2.12. The molecule has 0 spiro atoms. The van der Waals surface area contributed by atoms with E-state index in [1.807, 2.05) is 78.9 Å². The van der Waals surface area contributed by atoms with Crippen LogP contribution in [0, 0.1) is 0 Å². The molecule has 0 amide bonds. The van der Waals surface area contributed by atoms with Crippen molar-refractivity contribution in [3.63, 3.8) is 0 Å². The maximum Gasteiger partial charge on any atom is 0.166 e. The van der Waals surface area contributed by atoms with Crippen LogP contribution in [0.3, 0.4) is 0 Å². The Hall–Kier alpha value is -2.82. The molecule has 0 unspecified atom stereocenters. The quantitative estimate of drug-likeness (QED) is 0.602. The lowest BCUT2D eigenvalue weighted by atomic mass is 10.1. The second kappa shape index (κ2) is 8.87. The zero-order valence-electron chi connectivity index (χ0n) is 13.9. The first kappa shape index (κ1) is 17.0. The number of hydrogen-bond acceptors (Lipinski definition) is 4. The smallest absolute Gasteiger partial charge is 0.166 e. The molecule has 0 radical (unpaired) electrons. The standard InChI is InChI=1S/C21H21NO3/c23-22-14-19-12-7-13-20(24-15-17-8-3-1-4-9-17)21(19)25-16-18-10-5-2-6-11-18/h1-13,22-23H,14-16H2. The van der Waals surface area contributed by atoms with Crippen LogP contribution >= 0.6 is 0 Å². The largest absolute Gasteiger partial charge is 0.485 e. The Labute approximate surface area is 147 Å². The van der Waals surface area contributed by atoms with Gasteiger partial charge in [0, 0.05) is 12.1 Å². The average molecular weight is 335 g/mol. The lowest BCUT2D eigenvalue weighted by molar-refractivity contribution is 0.158. The molecule has 2 N–H and O–H groups in total. The summed E-state index contributed by atoms with van der Waals surface area (Å²) in [4.78, 5) is 0. The van der Waals surface area contributed by atoms with Crippen molar-refractivity contribution >= 4 is 0 Å². The van der Waals surface area contributed by atoms with Crippen LogP contribution in [0.15, 0.2) is 78.9 Å². The summed E-state index contributed by atoms with van der Waals surface area (Å²) in [6, 6.07) is 25.6. The summed E-state index contributed by atoms with van der Waals surface area (Å²) in [7, 11) is 0. The third-order valence-electron chi connectivity index (χ3n) is 3.79. The summed E-state index contributed by atoms with van der Waals surface area (Å²) >= 11 is 0. The summed E-state index contributed by atoms with van der Waals surface area (Å²) in [5.74, 6) is 1.30. The Morgan fingerprint density at radius 3 is 1.88 bits per heavy atom. The molecular weight excluding hydrogens is 314 g/mol. The minimum absolute atomic E-state index is 0.284. The molecule has 0 heterocycles. The van der Waals surface area contributed by atoms with Gasteiger partial charge in [-0.1, -0.05) is 72.8 Å². The number of ether oxygens (including phenoxy) is 2. The van der Waals surface area contributed by atoms with Crippen molar-refractivity contribution in [2.24, 2.45) is 0 Å². The van der Waals surface area contributed by atoms with Crippen molar-refractivity contribution in [3.8, 4) is 11.5 Å². The summed E-state index contributed by atoms with van der Waals surface area (Å²) in [5, 5.41) is 9.08. The molecule has 0 aromatic heterocycles. The topological polar surface area (TPSA) is 50.7 Å². The highest BCUT2D eigenvalue weighted by Crippen LogP contribution is 2.32. The van der Waals surface area contributed by atoms with Gasteiger partial charge in [-0.2, -0.15) is 0 Å². The Morgan fingerprint density at radius 1 is 0.680 bits per heavy atom. The Morgan fingerprint density at radius 2 is 1.28 bits per heavy atom. The molecule has 3 aromatic rings. The molecule has 25 heavy (non-hydrogen) atoms. The second-order valence-corrected chi connectivity index (χ2v) is 5.63. The Bertz CT molecular complexity index is 776. The maximum absolute atomic E-state index is 9.08. The van der Waals surface area contributed by atoms with Crippen molar-refractivity contribution in [3.05, 3.63) is 95.6 Å². The number of benzene rings is 3. The van der Waals surface area contributed by atoms with Gasteiger partial charge in [0.05, 0.1) is 0 Å². The van der Waals surface area contributed by atoms with Gasteiger partial charge in [0.1, 0.15) is 13.2 Å². The van der Waals surface area contributed by atoms with Crippen LogP contribution in [-0.2, 0) is 19.8 Å². The summed E-state index contributed by atoms with van der Waals surface area (Å²) in [5.41, 5.74) is 5.18. The predicted molar refractivity (Wildman–Crippen MR) is 96.6 cm³/mol. The van der Waals surface area contributed by atoms with Gasteiger partial charge in [-0.3, -0.25) is 0 Å². The summed E-state index contributed by atoms with van der Waals surface area (Å²) in [6.07, 6.45) is 0. The van der Waals surface area contributed by atoms with Gasteiger partial charge in [-0.25, -0.2) is 5.48 Å². The lowest BCUT2D eigenvalue weighted by Crippen LogP contribution is -2.09. The third-order valence-corrected chi connectivity index (χ3v) is 3.79.